The van der Waals surface area contributed by atoms with Crippen LogP contribution < -0.4 is 0 Å². The van der Waals surface area contributed by atoms with Crippen molar-refractivity contribution >= 4 is 11.6 Å². The minimum Gasteiger partial charge on any atom is -0.361 e. The van der Waals surface area contributed by atoms with Gasteiger partial charge >= 0.3 is 0 Å². The summed E-state index contributed by atoms with van der Waals surface area (Å²) in [7, 11) is 2.15. The number of amides is 1. The quantitative estimate of drug-likeness (QED) is 0.772. The number of carbonyl (C=O) groups excluding carboxylic acids is 1. The van der Waals surface area contributed by atoms with E-state index in [1.165, 1.54) is 22.4 Å². The Labute approximate surface area is 176 Å². The number of hydrogen-bond donors (Lipinski definition) is 0. The summed E-state index contributed by atoms with van der Waals surface area (Å²) in [5.41, 5.74) is 5.59. The molecular formula is C24H38N4O. The van der Waals surface area contributed by atoms with Gasteiger partial charge in [-0.05, 0) is 36.5 Å². The van der Waals surface area contributed by atoms with Crippen LogP contribution in [0, 0.1) is 12.3 Å². The molecule has 1 aromatic carbocycles. The van der Waals surface area contributed by atoms with Crippen LogP contribution in [0.15, 0.2) is 24.4 Å². The van der Waals surface area contributed by atoms with E-state index in [2.05, 4.69) is 80.8 Å². The highest BCUT2D eigenvalue weighted by Gasteiger charge is 2.27. The molecule has 5 heteroatoms. The topological polar surface area (TPSA) is 30.0 Å². The predicted octanol–water partition coefficient (Wildman–Crippen LogP) is 3.77. The highest BCUT2D eigenvalue weighted by Crippen LogP contribution is 2.33. The van der Waals surface area contributed by atoms with Gasteiger partial charge in [0.1, 0.15) is 0 Å². The molecule has 0 aliphatic carbocycles. The second-order valence-electron chi connectivity index (χ2n) is 9.96. The number of carbonyl (C=O) groups is 1. The molecule has 0 N–H and O–H groups in total. The fourth-order valence-electron chi connectivity index (χ4n) is 4.43. The lowest BCUT2D eigenvalue weighted by molar-refractivity contribution is -0.130. The van der Waals surface area contributed by atoms with Gasteiger partial charge in [-0.2, -0.15) is 0 Å². The fraction of sp³-hybridized carbons (Fsp3) is 0.625. The number of piperazine rings is 1. The summed E-state index contributed by atoms with van der Waals surface area (Å²) in [6.07, 6.45) is 2.29. The number of nitrogens with zero attached hydrogens (tertiary/aromatic N) is 4. The van der Waals surface area contributed by atoms with E-state index < -0.39 is 0 Å². The number of rotatable bonds is 4. The lowest BCUT2D eigenvalue weighted by Crippen LogP contribution is -2.48. The van der Waals surface area contributed by atoms with Gasteiger partial charge in [0.15, 0.2) is 0 Å². The van der Waals surface area contributed by atoms with Crippen LogP contribution >= 0.6 is 0 Å². The van der Waals surface area contributed by atoms with Crippen molar-refractivity contribution < 1.29 is 4.79 Å². The minimum absolute atomic E-state index is 0.186. The van der Waals surface area contributed by atoms with E-state index in [1.807, 2.05) is 4.90 Å². The van der Waals surface area contributed by atoms with E-state index in [-0.39, 0.29) is 11.3 Å². The first-order valence-electron chi connectivity index (χ1n) is 10.8. The Bertz CT molecular complexity index is 772. The zero-order chi connectivity index (χ0) is 21.3. The van der Waals surface area contributed by atoms with Gasteiger partial charge in [-0.3, -0.25) is 9.69 Å². The van der Waals surface area contributed by atoms with Crippen molar-refractivity contribution in [3.05, 3.63) is 41.1 Å². The van der Waals surface area contributed by atoms with Crippen molar-refractivity contribution in [3.8, 4) is 0 Å². The number of hydrogen-bond acceptors (Lipinski definition) is 4. The van der Waals surface area contributed by atoms with Crippen molar-refractivity contribution in [2.45, 2.75) is 47.6 Å². The summed E-state index contributed by atoms with van der Waals surface area (Å²) in [6, 6.07) is 7.27. The molecule has 1 amide bonds. The fourth-order valence-corrected chi connectivity index (χ4v) is 4.43. The smallest absolute Gasteiger partial charge is 0.219 e. The Kier molecular flexibility index (Phi) is 6.27. The molecule has 0 radical (unpaired) electrons. The lowest BCUT2D eigenvalue weighted by Gasteiger charge is -2.38. The summed E-state index contributed by atoms with van der Waals surface area (Å²) >= 11 is 0. The maximum atomic E-state index is 11.6. The summed E-state index contributed by atoms with van der Waals surface area (Å²) in [6.45, 7) is 18.6. The van der Waals surface area contributed by atoms with Crippen LogP contribution in [0.2, 0.25) is 0 Å². The Morgan fingerprint density at radius 3 is 2.38 bits per heavy atom. The van der Waals surface area contributed by atoms with Gasteiger partial charge in [0, 0.05) is 64.5 Å². The molecule has 0 bridgehead atoms. The summed E-state index contributed by atoms with van der Waals surface area (Å²) in [5, 5.41) is 0. The molecule has 0 saturated carbocycles. The number of benzene rings is 1. The highest BCUT2D eigenvalue weighted by atomic mass is 16.2. The van der Waals surface area contributed by atoms with Crippen LogP contribution in [0.5, 0.6) is 0 Å². The monoisotopic (exact) mass is 398 g/mol. The van der Waals surface area contributed by atoms with Crippen LogP contribution in [-0.4, -0.2) is 71.9 Å². The first-order valence-corrected chi connectivity index (χ1v) is 10.8. The Hall–Kier alpha value is -2.01. The van der Waals surface area contributed by atoms with Gasteiger partial charge in [-0.15, -0.1) is 0 Å². The maximum absolute atomic E-state index is 11.6. The molecule has 1 unspecified atom stereocenters. The second-order valence-corrected chi connectivity index (χ2v) is 9.96. The van der Waals surface area contributed by atoms with E-state index >= 15 is 0 Å². The summed E-state index contributed by atoms with van der Waals surface area (Å²) in [4.78, 5) is 20.8. The normalized spacial score (nSPS) is 19.6. The minimum atomic E-state index is 0.186. The molecule has 1 fully saturated rings. The van der Waals surface area contributed by atoms with Crippen LogP contribution in [-0.2, 0) is 4.79 Å². The third-order valence-electron chi connectivity index (χ3n) is 6.07. The molecular weight excluding hydrogens is 360 g/mol. The lowest BCUT2D eigenvalue weighted by atomic mass is 9.94. The van der Waals surface area contributed by atoms with Crippen molar-refractivity contribution in [1.82, 2.24) is 19.6 Å². The zero-order valence-electron chi connectivity index (χ0n) is 19.3. The Morgan fingerprint density at radius 2 is 1.79 bits per heavy atom. The molecule has 160 valence electrons. The third kappa shape index (κ3) is 5.13. The molecule has 0 aromatic heterocycles. The highest BCUT2D eigenvalue weighted by molar-refractivity contribution is 5.73. The maximum Gasteiger partial charge on any atom is 0.219 e. The van der Waals surface area contributed by atoms with Crippen molar-refractivity contribution in [1.29, 1.82) is 0 Å². The molecule has 2 aliphatic heterocycles. The average molecular weight is 399 g/mol. The molecule has 5 nitrogen and oxygen atoms in total. The van der Waals surface area contributed by atoms with Crippen LogP contribution in [0.1, 0.15) is 57.4 Å². The Morgan fingerprint density at radius 1 is 1.14 bits per heavy atom. The molecule has 3 rings (SSSR count). The molecule has 1 atom stereocenters. The Balaban J connectivity index is 1.81. The summed E-state index contributed by atoms with van der Waals surface area (Å²) in [5.74, 6) is 0.186. The molecule has 2 heterocycles. The third-order valence-corrected chi connectivity index (χ3v) is 6.07. The van der Waals surface area contributed by atoms with E-state index in [1.54, 1.807) is 6.92 Å². The van der Waals surface area contributed by atoms with Crippen LogP contribution in [0.3, 0.4) is 0 Å². The van der Waals surface area contributed by atoms with E-state index in [9.17, 15) is 4.79 Å². The molecule has 1 saturated heterocycles. The first-order chi connectivity index (χ1) is 13.5. The van der Waals surface area contributed by atoms with E-state index in [0.717, 1.165) is 39.4 Å². The molecule has 29 heavy (non-hydrogen) atoms. The van der Waals surface area contributed by atoms with Crippen molar-refractivity contribution in [3.63, 3.8) is 0 Å². The first kappa shape index (κ1) is 21.7. The average Bonchev–Trinajstić information content (AvgIpc) is 2.99. The SMILES string of the molecule is CC(=O)N1CCN(C(C)c2ccc(C)c(C3=CN(C)CN3CC(C)(C)C)c2)CC1. The van der Waals surface area contributed by atoms with Gasteiger partial charge in [0.2, 0.25) is 5.91 Å². The van der Waals surface area contributed by atoms with Crippen molar-refractivity contribution in [2.75, 3.05) is 46.4 Å². The van der Waals surface area contributed by atoms with Crippen molar-refractivity contribution in [2.24, 2.45) is 5.41 Å². The largest absolute Gasteiger partial charge is 0.361 e. The van der Waals surface area contributed by atoms with Crippen LogP contribution in [0.4, 0.5) is 0 Å². The number of aryl methyl sites for hydroxylation is 1. The van der Waals surface area contributed by atoms with Gasteiger partial charge in [0.05, 0.1) is 12.4 Å². The van der Waals surface area contributed by atoms with Gasteiger partial charge in [0.25, 0.3) is 0 Å². The molecule has 1 aromatic rings. The standard InChI is InChI=1S/C24H38N4O/c1-18-8-9-21(19(2)26-10-12-27(13-11-26)20(3)29)14-22(18)23-15-25(7)17-28(23)16-24(4,5)6/h8-9,14-15,19H,10-13,16-17H2,1-7H3. The van der Waals surface area contributed by atoms with Gasteiger partial charge < -0.3 is 14.7 Å². The molecule has 2 aliphatic rings. The van der Waals surface area contributed by atoms with Crippen LogP contribution in [0.25, 0.3) is 5.70 Å². The van der Waals surface area contributed by atoms with Gasteiger partial charge in [-0.25, -0.2) is 0 Å². The van der Waals surface area contributed by atoms with Gasteiger partial charge in [-0.1, -0.05) is 32.9 Å². The second kappa shape index (κ2) is 8.39. The van der Waals surface area contributed by atoms with E-state index in [4.69, 9.17) is 0 Å². The zero-order valence-corrected chi connectivity index (χ0v) is 19.3. The van der Waals surface area contributed by atoms with E-state index in [0.29, 0.717) is 6.04 Å². The summed E-state index contributed by atoms with van der Waals surface area (Å²) < 4.78 is 0. The predicted molar refractivity (Wildman–Crippen MR) is 120 cm³/mol. The molecule has 0 spiro atoms.